The summed E-state index contributed by atoms with van der Waals surface area (Å²) < 4.78 is 13.1. The SMILES string of the molecule is CN(C)c1ncccc1C(=O)NCC(=O)Nc1ccc(F)c(Cl)c1. The minimum Gasteiger partial charge on any atom is -0.362 e. The van der Waals surface area contributed by atoms with Crippen LogP contribution < -0.4 is 15.5 Å². The summed E-state index contributed by atoms with van der Waals surface area (Å²) in [7, 11) is 3.54. The Labute approximate surface area is 143 Å². The number of carbonyl (C=O) groups excluding carboxylic acids is 2. The Kier molecular flexibility index (Phi) is 5.70. The van der Waals surface area contributed by atoms with Gasteiger partial charge < -0.3 is 15.5 Å². The molecule has 2 aromatic rings. The molecule has 0 spiro atoms. The maximum atomic E-state index is 13.1. The average Bonchev–Trinajstić information content (AvgIpc) is 2.56. The molecule has 0 saturated carbocycles. The number of rotatable bonds is 5. The van der Waals surface area contributed by atoms with Crippen LogP contribution in [0.5, 0.6) is 0 Å². The lowest BCUT2D eigenvalue weighted by molar-refractivity contribution is -0.115. The van der Waals surface area contributed by atoms with Crippen LogP contribution in [-0.2, 0) is 4.79 Å². The predicted molar refractivity (Wildman–Crippen MR) is 90.9 cm³/mol. The summed E-state index contributed by atoms with van der Waals surface area (Å²) in [6.07, 6.45) is 1.58. The maximum Gasteiger partial charge on any atom is 0.255 e. The number of hydrogen-bond acceptors (Lipinski definition) is 4. The summed E-state index contributed by atoms with van der Waals surface area (Å²) in [6.45, 7) is -0.240. The van der Waals surface area contributed by atoms with Crippen molar-refractivity contribution in [3.05, 3.63) is 52.9 Å². The van der Waals surface area contributed by atoms with E-state index in [9.17, 15) is 14.0 Å². The van der Waals surface area contributed by atoms with E-state index in [0.29, 0.717) is 17.1 Å². The Morgan fingerprint density at radius 2 is 2.04 bits per heavy atom. The highest BCUT2D eigenvalue weighted by Crippen LogP contribution is 2.19. The highest BCUT2D eigenvalue weighted by atomic mass is 35.5. The quantitative estimate of drug-likeness (QED) is 0.867. The van der Waals surface area contributed by atoms with Crippen molar-refractivity contribution in [3.63, 3.8) is 0 Å². The second-order valence-electron chi connectivity index (χ2n) is 5.13. The Balaban J connectivity index is 1.96. The molecule has 0 atom stereocenters. The molecule has 24 heavy (non-hydrogen) atoms. The molecule has 8 heteroatoms. The van der Waals surface area contributed by atoms with Crippen LogP contribution in [0.4, 0.5) is 15.9 Å². The van der Waals surface area contributed by atoms with E-state index in [1.54, 1.807) is 37.3 Å². The monoisotopic (exact) mass is 350 g/mol. The molecule has 0 aliphatic rings. The van der Waals surface area contributed by atoms with Crippen molar-refractivity contribution in [3.8, 4) is 0 Å². The second-order valence-corrected chi connectivity index (χ2v) is 5.54. The van der Waals surface area contributed by atoms with E-state index in [1.807, 2.05) is 0 Å². The van der Waals surface area contributed by atoms with Gasteiger partial charge >= 0.3 is 0 Å². The summed E-state index contributed by atoms with van der Waals surface area (Å²) >= 11 is 5.64. The first-order chi connectivity index (χ1) is 11.4. The van der Waals surface area contributed by atoms with Gasteiger partial charge in [-0.1, -0.05) is 11.6 Å². The zero-order valence-electron chi connectivity index (χ0n) is 13.1. The molecule has 0 saturated heterocycles. The fraction of sp³-hybridized carbons (Fsp3) is 0.188. The van der Waals surface area contributed by atoms with E-state index in [0.717, 1.165) is 6.07 Å². The van der Waals surface area contributed by atoms with Crippen molar-refractivity contribution in [2.45, 2.75) is 0 Å². The lowest BCUT2D eigenvalue weighted by Crippen LogP contribution is -2.33. The van der Waals surface area contributed by atoms with Gasteiger partial charge in [0.2, 0.25) is 5.91 Å². The fourth-order valence-electron chi connectivity index (χ4n) is 1.97. The van der Waals surface area contributed by atoms with Crippen molar-refractivity contribution >= 4 is 34.9 Å². The first kappa shape index (κ1) is 17.7. The Hall–Kier alpha value is -2.67. The Bertz CT molecular complexity index is 767. The molecule has 6 nitrogen and oxygen atoms in total. The molecule has 0 radical (unpaired) electrons. The summed E-state index contributed by atoms with van der Waals surface area (Å²) in [5.41, 5.74) is 0.705. The summed E-state index contributed by atoms with van der Waals surface area (Å²) in [5.74, 6) is -0.947. The molecule has 0 bridgehead atoms. The first-order valence-corrected chi connectivity index (χ1v) is 7.41. The molecule has 126 valence electrons. The number of carbonyl (C=O) groups is 2. The van der Waals surface area contributed by atoms with Gasteiger partial charge in [0.1, 0.15) is 11.6 Å². The van der Waals surface area contributed by atoms with Crippen LogP contribution in [0.2, 0.25) is 5.02 Å². The molecular weight excluding hydrogens is 335 g/mol. The zero-order chi connectivity index (χ0) is 17.7. The lowest BCUT2D eigenvalue weighted by atomic mass is 10.2. The van der Waals surface area contributed by atoms with E-state index in [-0.39, 0.29) is 11.6 Å². The van der Waals surface area contributed by atoms with Gasteiger partial charge in [0.15, 0.2) is 0 Å². The maximum absolute atomic E-state index is 13.1. The minimum absolute atomic E-state index is 0.0946. The Morgan fingerprint density at radius 3 is 2.71 bits per heavy atom. The molecule has 0 aliphatic heterocycles. The molecule has 0 fully saturated rings. The van der Waals surface area contributed by atoms with Crippen LogP contribution in [0.1, 0.15) is 10.4 Å². The van der Waals surface area contributed by atoms with E-state index < -0.39 is 17.6 Å². The van der Waals surface area contributed by atoms with E-state index in [1.165, 1.54) is 12.1 Å². The number of nitrogens with one attached hydrogen (secondary N) is 2. The molecule has 2 N–H and O–H groups in total. The lowest BCUT2D eigenvalue weighted by Gasteiger charge is -2.15. The van der Waals surface area contributed by atoms with E-state index in [4.69, 9.17) is 11.6 Å². The number of amides is 2. The largest absolute Gasteiger partial charge is 0.362 e. The molecule has 2 rings (SSSR count). The fourth-order valence-corrected chi connectivity index (χ4v) is 2.15. The zero-order valence-corrected chi connectivity index (χ0v) is 13.9. The highest BCUT2D eigenvalue weighted by molar-refractivity contribution is 6.31. The van der Waals surface area contributed by atoms with Crippen LogP contribution >= 0.6 is 11.6 Å². The third-order valence-corrected chi connectivity index (χ3v) is 3.36. The standard InChI is InChI=1S/C16H16ClFN4O2/c1-22(2)15-11(4-3-7-19-15)16(24)20-9-14(23)21-10-5-6-13(18)12(17)8-10/h3-8H,9H2,1-2H3,(H,20,24)(H,21,23). The third-order valence-electron chi connectivity index (χ3n) is 3.07. The van der Waals surface area contributed by atoms with Crippen molar-refractivity contribution in [1.82, 2.24) is 10.3 Å². The summed E-state index contributed by atoms with van der Waals surface area (Å²) in [4.78, 5) is 29.9. The van der Waals surface area contributed by atoms with Gasteiger partial charge in [-0.15, -0.1) is 0 Å². The molecule has 1 heterocycles. The minimum atomic E-state index is -0.573. The number of aromatic nitrogens is 1. The smallest absolute Gasteiger partial charge is 0.255 e. The normalized spacial score (nSPS) is 10.2. The summed E-state index contributed by atoms with van der Waals surface area (Å²) in [5, 5.41) is 4.94. The van der Waals surface area contributed by atoms with Gasteiger partial charge in [0.05, 0.1) is 17.1 Å². The Morgan fingerprint density at radius 1 is 1.29 bits per heavy atom. The number of anilines is 2. The summed E-state index contributed by atoms with van der Waals surface area (Å²) in [6, 6.07) is 7.08. The van der Waals surface area contributed by atoms with Gasteiger partial charge in [0, 0.05) is 26.0 Å². The van der Waals surface area contributed by atoms with Gasteiger partial charge in [-0.25, -0.2) is 9.37 Å². The van der Waals surface area contributed by atoms with Crippen LogP contribution in [0, 0.1) is 5.82 Å². The number of hydrogen-bond donors (Lipinski definition) is 2. The number of benzene rings is 1. The van der Waals surface area contributed by atoms with E-state index in [2.05, 4.69) is 15.6 Å². The predicted octanol–water partition coefficient (Wildman–Crippen LogP) is 2.31. The van der Waals surface area contributed by atoms with E-state index >= 15 is 0 Å². The molecule has 0 aliphatic carbocycles. The third kappa shape index (κ3) is 4.42. The van der Waals surface area contributed by atoms with Gasteiger partial charge in [-0.05, 0) is 30.3 Å². The molecule has 1 aromatic heterocycles. The van der Waals surface area contributed by atoms with Crippen LogP contribution in [0.15, 0.2) is 36.5 Å². The molecule has 2 amide bonds. The number of pyridine rings is 1. The van der Waals surface area contributed by atoms with Crippen molar-refractivity contribution in [2.75, 3.05) is 30.9 Å². The van der Waals surface area contributed by atoms with Crippen LogP contribution in [-0.4, -0.2) is 37.4 Å². The topological polar surface area (TPSA) is 74.3 Å². The van der Waals surface area contributed by atoms with Gasteiger partial charge in [-0.3, -0.25) is 9.59 Å². The first-order valence-electron chi connectivity index (χ1n) is 7.04. The second kappa shape index (κ2) is 7.74. The van der Waals surface area contributed by atoms with Crippen molar-refractivity contribution in [1.29, 1.82) is 0 Å². The highest BCUT2D eigenvalue weighted by Gasteiger charge is 2.14. The van der Waals surface area contributed by atoms with Gasteiger partial charge in [0.25, 0.3) is 5.91 Å². The van der Waals surface area contributed by atoms with Crippen molar-refractivity contribution in [2.24, 2.45) is 0 Å². The van der Waals surface area contributed by atoms with Crippen LogP contribution in [0.3, 0.4) is 0 Å². The average molecular weight is 351 g/mol. The number of halogens is 2. The molecular formula is C16H16ClFN4O2. The molecule has 1 aromatic carbocycles. The molecule has 0 unspecified atom stereocenters. The number of nitrogens with zero attached hydrogens (tertiary/aromatic N) is 2. The van der Waals surface area contributed by atoms with Crippen molar-refractivity contribution < 1.29 is 14.0 Å². The van der Waals surface area contributed by atoms with Crippen LogP contribution in [0.25, 0.3) is 0 Å². The van der Waals surface area contributed by atoms with Gasteiger partial charge in [-0.2, -0.15) is 0 Å².